The van der Waals surface area contributed by atoms with Gasteiger partial charge in [0.1, 0.15) is 12.4 Å². The van der Waals surface area contributed by atoms with Crippen molar-refractivity contribution >= 4 is 29.1 Å². The summed E-state index contributed by atoms with van der Waals surface area (Å²) in [6.07, 6.45) is 0. The van der Waals surface area contributed by atoms with Crippen molar-refractivity contribution in [2.24, 2.45) is 0 Å². The zero-order valence-electron chi connectivity index (χ0n) is 23.5. The second kappa shape index (κ2) is 13.1. The van der Waals surface area contributed by atoms with Crippen LogP contribution < -0.4 is 10.2 Å². The average Bonchev–Trinajstić information content (AvgIpc) is 3.01. The second-order valence-corrected chi connectivity index (χ2v) is 10.4. The summed E-state index contributed by atoms with van der Waals surface area (Å²) in [4.78, 5) is 44.6. The van der Waals surface area contributed by atoms with Crippen molar-refractivity contribution in [2.75, 3.05) is 42.9 Å². The van der Waals surface area contributed by atoms with E-state index in [1.807, 2.05) is 73.7 Å². The van der Waals surface area contributed by atoms with Crippen LogP contribution in [0.5, 0.6) is 0 Å². The molecule has 0 unspecified atom stereocenters. The van der Waals surface area contributed by atoms with Gasteiger partial charge in [0.25, 0.3) is 11.8 Å². The van der Waals surface area contributed by atoms with Gasteiger partial charge in [-0.25, -0.2) is 4.39 Å². The molecule has 0 atom stereocenters. The van der Waals surface area contributed by atoms with Crippen LogP contribution in [0.25, 0.3) is 0 Å². The lowest BCUT2D eigenvalue weighted by Gasteiger charge is -2.36. The van der Waals surface area contributed by atoms with E-state index in [1.165, 1.54) is 12.1 Å². The quantitative estimate of drug-likeness (QED) is 0.312. The van der Waals surface area contributed by atoms with Gasteiger partial charge in [-0.3, -0.25) is 14.4 Å². The average molecular weight is 565 g/mol. The smallest absolute Gasteiger partial charge is 0.254 e. The molecule has 7 nitrogen and oxygen atoms in total. The number of carbonyl (C=O) groups excluding carboxylic acids is 3. The number of hydrogen-bond donors (Lipinski definition) is 1. The van der Waals surface area contributed by atoms with Crippen molar-refractivity contribution in [2.45, 2.75) is 13.5 Å². The van der Waals surface area contributed by atoms with Crippen LogP contribution in [0, 0.1) is 12.7 Å². The molecule has 1 aliphatic heterocycles. The second-order valence-electron chi connectivity index (χ2n) is 10.4. The van der Waals surface area contributed by atoms with Gasteiger partial charge in [-0.2, -0.15) is 0 Å². The van der Waals surface area contributed by atoms with Crippen LogP contribution in [0.15, 0.2) is 103 Å². The Kier molecular flexibility index (Phi) is 8.92. The van der Waals surface area contributed by atoms with E-state index in [0.717, 1.165) is 16.8 Å². The highest BCUT2D eigenvalue weighted by molar-refractivity contribution is 5.99. The number of piperazine rings is 1. The van der Waals surface area contributed by atoms with E-state index in [2.05, 4.69) is 10.2 Å². The number of halogens is 1. The Bertz CT molecular complexity index is 1530. The van der Waals surface area contributed by atoms with Crippen molar-refractivity contribution in [3.63, 3.8) is 0 Å². The molecule has 0 aromatic heterocycles. The van der Waals surface area contributed by atoms with Crippen LogP contribution in [-0.2, 0) is 11.3 Å². The van der Waals surface area contributed by atoms with Gasteiger partial charge in [-0.15, -0.1) is 0 Å². The molecule has 1 heterocycles. The highest BCUT2D eigenvalue weighted by Crippen LogP contribution is 2.21. The lowest BCUT2D eigenvalue weighted by atomic mass is 10.1. The summed E-state index contributed by atoms with van der Waals surface area (Å²) in [5, 5.41) is 2.91. The van der Waals surface area contributed by atoms with Crippen LogP contribution in [0.2, 0.25) is 0 Å². The Hall–Kier alpha value is -4.98. The minimum absolute atomic E-state index is 0.0926. The largest absolute Gasteiger partial charge is 0.368 e. The lowest BCUT2D eigenvalue weighted by molar-refractivity contribution is -0.117. The molecule has 214 valence electrons. The van der Waals surface area contributed by atoms with E-state index in [9.17, 15) is 18.8 Å². The molecule has 4 aromatic carbocycles. The molecule has 42 heavy (non-hydrogen) atoms. The molecule has 3 amide bonds. The summed E-state index contributed by atoms with van der Waals surface area (Å²) in [6, 6.07) is 30.2. The molecule has 4 aromatic rings. The first kappa shape index (κ1) is 28.5. The first-order valence-electron chi connectivity index (χ1n) is 14.0. The maximum atomic E-state index is 13.5. The normalized spacial score (nSPS) is 13.0. The third kappa shape index (κ3) is 7.20. The Morgan fingerprint density at radius 1 is 0.786 bits per heavy atom. The molecule has 0 aliphatic carbocycles. The van der Waals surface area contributed by atoms with E-state index >= 15 is 0 Å². The number of carbonyl (C=O) groups is 3. The molecular weight excluding hydrogens is 531 g/mol. The van der Waals surface area contributed by atoms with Crippen molar-refractivity contribution in [1.29, 1.82) is 0 Å². The third-order valence-corrected chi connectivity index (χ3v) is 7.29. The van der Waals surface area contributed by atoms with Crippen molar-refractivity contribution in [3.8, 4) is 0 Å². The van der Waals surface area contributed by atoms with Gasteiger partial charge in [0.2, 0.25) is 5.91 Å². The fourth-order valence-corrected chi connectivity index (χ4v) is 4.98. The summed E-state index contributed by atoms with van der Waals surface area (Å²) >= 11 is 0. The van der Waals surface area contributed by atoms with Crippen molar-refractivity contribution in [3.05, 3.63) is 131 Å². The minimum atomic E-state index is -0.423. The molecular formula is C34H33FN4O3. The Balaban J connectivity index is 1.18. The van der Waals surface area contributed by atoms with Gasteiger partial charge in [0.05, 0.1) is 0 Å². The molecule has 8 heteroatoms. The van der Waals surface area contributed by atoms with Crippen molar-refractivity contribution < 1.29 is 18.8 Å². The molecule has 0 spiro atoms. The number of nitrogens with zero attached hydrogens (tertiary/aromatic N) is 3. The zero-order chi connectivity index (χ0) is 29.5. The number of anilines is 2. The number of benzene rings is 4. The van der Waals surface area contributed by atoms with E-state index in [-0.39, 0.29) is 24.3 Å². The molecule has 0 radical (unpaired) electrons. The maximum Gasteiger partial charge on any atom is 0.254 e. The number of hydrogen-bond acceptors (Lipinski definition) is 4. The monoisotopic (exact) mass is 564 g/mol. The fraction of sp³-hybridized carbons (Fsp3) is 0.206. The lowest BCUT2D eigenvalue weighted by Crippen LogP contribution is -2.48. The van der Waals surface area contributed by atoms with Crippen LogP contribution in [-0.4, -0.2) is 60.2 Å². The standard InChI is InChI=1S/C34H33FN4O3/c1-25-10-12-27(13-11-25)33(41)39(23-26-6-3-2-4-7-26)24-32(40)36-30-14-16-31(17-15-30)37-18-20-38(21-19-37)34(42)28-8-5-9-29(35)22-28/h2-17,22H,18-21,23-24H2,1H3,(H,36,40). The minimum Gasteiger partial charge on any atom is -0.368 e. The van der Waals surface area contributed by atoms with E-state index in [0.29, 0.717) is 49.5 Å². The Morgan fingerprint density at radius 2 is 1.48 bits per heavy atom. The Labute approximate surface area is 245 Å². The van der Waals surface area contributed by atoms with Gasteiger partial charge < -0.3 is 20.0 Å². The van der Waals surface area contributed by atoms with Crippen LogP contribution in [0.1, 0.15) is 31.8 Å². The third-order valence-electron chi connectivity index (χ3n) is 7.29. The fourth-order valence-electron chi connectivity index (χ4n) is 4.98. The van der Waals surface area contributed by atoms with Crippen LogP contribution in [0.4, 0.5) is 15.8 Å². The summed E-state index contributed by atoms with van der Waals surface area (Å²) < 4.78 is 13.5. The van der Waals surface area contributed by atoms with E-state index < -0.39 is 5.82 Å². The molecule has 1 saturated heterocycles. The zero-order valence-corrected chi connectivity index (χ0v) is 23.5. The highest BCUT2D eigenvalue weighted by atomic mass is 19.1. The topological polar surface area (TPSA) is 73.0 Å². The molecule has 0 saturated carbocycles. The van der Waals surface area contributed by atoms with Gasteiger partial charge in [0.15, 0.2) is 0 Å². The van der Waals surface area contributed by atoms with E-state index in [1.54, 1.807) is 34.1 Å². The maximum absolute atomic E-state index is 13.5. The number of rotatable bonds is 8. The molecule has 5 rings (SSSR count). The van der Waals surface area contributed by atoms with Gasteiger partial charge >= 0.3 is 0 Å². The first-order valence-corrected chi connectivity index (χ1v) is 14.0. The summed E-state index contributed by atoms with van der Waals surface area (Å²) in [7, 11) is 0. The van der Waals surface area contributed by atoms with E-state index in [4.69, 9.17) is 0 Å². The molecule has 1 fully saturated rings. The van der Waals surface area contributed by atoms with Crippen LogP contribution >= 0.6 is 0 Å². The van der Waals surface area contributed by atoms with Crippen LogP contribution in [0.3, 0.4) is 0 Å². The molecule has 1 N–H and O–H groups in total. The summed E-state index contributed by atoms with van der Waals surface area (Å²) in [6.45, 7) is 4.52. The van der Waals surface area contributed by atoms with Gasteiger partial charge in [-0.05, 0) is 67.1 Å². The predicted molar refractivity (Wildman–Crippen MR) is 162 cm³/mol. The van der Waals surface area contributed by atoms with Gasteiger partial charge in [0, 0.05) is 55.2 Å². The number of nitrogens with one attached hydrogen (secondary N) is 1. The molecule has 0 bridgehead atoms. The number of aryl methyl sites for hydroxylation is 1. The summed E-state index contributed by atoms with van der Waals surface area (Å²) in [5.41, 5.74) is 4.49. The Morgan fingerprint density at radius 3 is 2.14 bits per heavy atom. The highest BCUT2D eigenvalue weighted by Gasteiger charge is 2.23. The predicted octanol–water partition coefficient (Wildman–Crippen LogP) is 5.38. The summed E-state index contributed by atoms with van der Waals surface area (Å²) in [5.74, 6) is -1.09. The number of amides is 3. The first-order chi connectivity index (χ1) is 20.4. The molecule has 1 aliphatic rings. The van der Waals surface area contributed by atoms with Crippen molar-refractivity contribution in [1.82, 2.24) is 9.80 Å². The van der Waals surface area contributed by atoms with Gasteiger partial charge in [-0.1, -0.05) is 54.1 Å². The SMILES string of the molecule is Cc1ccc(C(=O)N(CC(=O)Nc2ccc(N3CCN(C(=O)c4cccc(F)c4)CC3)cc2)Cc2ccccc2)cc1.